The smallest absolute Gasteiger partial charge is 0.238 e. The largest absolute Gasteiger partial charge is 0.325 e. The van der Waals surface area contributed by atoms with Crippen LogP contribution in [-0.4, -0.2) is 33.7 Å². The zero-order chi connectivity index (χ0) is 15.1. The van der Waals surface area contributed by atoms with Gasteiger partial charge in [-0.2, -0.15) is 5.10 Å². The number of hydrogen-bond acceptors (Lipinski definition) is 5. The van der Waals surface area contributed by atoms with Crippen molar-refractivity contribution in [2.24, 2.45) is 0 Å². The molecule has 1 aromatic carbocycles. The van der Waals surface area contributed by atoms with Crippen LogP contribution in [0.2, 0.25) is 0 Å². The number of benzene rings is 1. The zero-order valence-electron chi connectivity index (χ0n) is 12.1. The van der Waals surface area contributed by atoms with Gasteiger partial charge in [0, 0.05) is 16.6 Å². The maximum atomic E-state index is 11.8. The fourth-order valence-electron chi connectivity index (χ4n) is 1.58. The third-order valence-corrected chi connectivity index (χ3v) is 3.87. The molecule has 1 heterocycles. The number of nitrogens with one attached hydrogen (secondary N) is 3. The summed E-state index contributed by atoms with van der Waals surface area (Å²) in [6.07, 6.45) is 2.47. The molecule has 1 unspecified atom stereocenters. The number of amides is 1. The minimum Gasteiger partial charge on any atom is -0.325 e. The van der Waals surface area contributed by atoms with Gasteiger partial charge in [-0.1, -0.05) is 18.7 Å². The third-order valence-electron chi connectivity index (χ3n) is 2.97. The highest BCUT2D eigenvalue weighted by Gasteiger charge is 2.05. The molecular weight excluding hydrogens is 286 g/mol. The molecule has 0 spiro atoms. The molecule has 0 radical (unpaired) electrons. The highest BCUT2D eigenvalue weighted by Crippen LogP contribution is 2.25. The number of H-pyrrole nitrogens is 1. The molecule has 1 aromatic heterocycles. The molecule has 6 nitrogen and oxygen atoms in total. The molecule has 0 saturated heterocycles. The summed E-state index contributed by atoms with van der Waals surface area (Å²) in [5.41, 5.74) is 0.785. The van der Waals surface area contributed by atoms with Crippen LogP contribution in [-0.2, 0) is 4.79 Å². The first kappa shape index (κ1) is 15.5. The molecular formula is C14H19N5OS. The minimum atomic E-state index is -0.0362. The van der Waals surface area contributed by atoms with E-state index in [2.05, 4.69) is 39.7 Å². The number of aromatic amines is 1. The lowest BCUT2D eigenvalue weighted by molar-refractivity contribution is -0.115. The normalized spacial score (nSPS) is 12.1. The van der Waals surface area contributed by atoms with Gasteiger partial charge < -0.3 is 10.6 Å². The lowest BCUT2D eigenvalue weighted by atomic mass is 10.2. The van der Waals surface area contributed by atoms with E-state index in [4.69, 9.17) is 0 Å². The van der Waals surface area contributed by atoms with Crippen molar-refractivity contribution in [3.63, 3.8) is 0 Å². The van der Waals surface area contributed by atoms with Gasteiger partial charge in [-0.3, -0.25) is 9.89 Å². The molecule has 7 heteroatoms. The fraction of sp³-hybridized carbons (Fsp3) is 0.357. The fourth-order valence-corrected chi connectivity index (χ4v) is 2.27. The second kappa shape index (κ2) is 7.80. The lowest BCUT2D eigenvalue weighted by Gasteiger charge is -2.11. The van der Waals surface area contributed by atoms with Crippen LogP contribution in [0, 0.1) is 0 Å². The zero-order valence-corrected chi connectivity index (χ0v) is 12.9. The quantitative estimate of drug-likeness (QED) is 0.731. The average Bonchev–Trinajstić information content (AvgIpc) is 3.00. The summed E-state index contributed by atoms with van der Waals surface area (Å²) in [5, 5.41) is 13.3. The summed E-state index contributed by atoms with van der Waals surface area (Å²) in [5.74, 6) is -0.0362. The lowest BCUT2D eigenvalue weighted by Crippen LogP contribution is -2.33. The van der Waals surface area contributed by atoms with E-state index in [0.29, 0.717) is 12.6 Å². The number of carbonyl (C=O) groups is 1. The van der Waals surface area contributed by atoms with Crippen molar-refractivity contribution >= 4 is 23.4 Å². The van der Waals surface area contributed by atoms with E-state index >= 15 is 0 Å². The Labute approximate surface area is 128 Å². The van der Waals surface area contributed by atoms with Gasteiger partial charge in [0.1, 0.15) is 6.33 Å². The predicted molar refractivity (Wildman–Crippen MR) is 83.3 cm³/mol. The third kappa shape index (κ3) is 5.20. The Balaban J connectivity index is 1.83. The molecule has 0 saturated carbocycles. The molecule has 0 aliphatic carbocycles. The van der Waals surface area contributed by atoms with Gasteiger partial charge in [-0.15, -0.1) is 0 Å². The van der Waals surface area contributed by atoms with Crippen molar-refractivity contribution < 1.29 is 4.79 Å². The van der Waals surface area contributed by atoms with Crippen molar-refractivity contribution in [2.45, 2.75) is 36.4 Å². The Hall–Kier alpha value is -1.86. The summed E-state index contributed by atoms with van der Waals surface area (Å²) in [6, 6.07) is 7.96. The second-order valence-electron chi connectivity index (χ2n) is 4.66. The van der Waals surface area contributed by atoms with Gasteiger partial charge >= 0.3 is 0 Å². The number of anilines is 1. The second-order valence-corrected chi connectivity index (χ2v) is 5.72. The van der Waals surface area contributed by atoms with E-state index in [1.807, 2.05) is 24.3 Å². The molecule has 112 valence electrons. The van der Waals surface area contributed by atoms with Gasteiger partial charge in [0.2, 0.25) is 5.91 Å². The monoisotopic (exact) mass is 305 g/mol. The summed E-state index contributed by atoms with van der Waals surface area (Å²) >= 11 is 1.48. The van der Waals surface area contributed by atoms with E-state index in [1.165, 1.54) is 18.1 Å². The van der Waals surface area contributed by atoms with Crippen LogP contribution in [0.5, 0.6) is 0 Å². The van der Waals surface area contributed by atoms with Gasteiger partial charge in [-0.05, 0) is 37.6 Å². The Morgan fingerprint density at radius 3 is 2.76 bits per heavy atom. The summed E-state index contributed by atoms with van der Waals surface area (Å²) in [4.78, 5) is 16.9. The van der Waals surface area contributed by atoms with Crippen LogP contribution >= 0.6 is 11.8 Å². The molecule has 21 heavy (non-hydrogen) atoms. The first-order valence-electron chi connectivity index (χ1n) is 6.84. The molecule has 0 aliphatic rings. The van der Waals surface area contributed by atoms with E-state index in [-0.39, 0.29) is 5.91 Å². The Morgan fingerprint density at radius 2 is 2.14 bits per heavy atom. The van der Waals surface area contributed by atoms with Crippen LogP contribution in [0.3, 0.4) is 0 Å². The van der Waals surface area contributed by atoms with Crippen LogP contribution < -0.4 is 10.6 Å². The van der Waals surface area contributed by atoms with Crippen LogP contribution in [0.1, 0.15) is 20.3 Å². The summed E-state index contributed by atoms with van der Waals surface area (Å²) in [7, 11) is 0. The SMILES string of the molecule is CCC(C)NCC(=O)Nc1ccc(Sc2ncn[nH]2)cc1. The first-order chi connectivity index (χ1) is 10.2. The highest BCUT2D eigenvalue weighted by atomic mass is 32.2. The van der Waals surface area contributed by atoms with Crippen LogP contribution in [0.25, 0.3) is 0 Å². The maximum Gasteiger partial charge on any atom is 0.238 e. The van der Waals surface area contributed by atoms with Crippen molar-refractivity contribution in [1.82, 2.24) is 20.5 Å². The standard InChI is InChI=1S/C14H19N5OS/c1-3-10(2)15-8-13(20)18-11-4-6-12(7-5-11)21-14-16-9-17-19-14/h4-7,9-10,15H,3,8H2,1-2H3,(H,18,20)(H,16,17,19). The van der Waals surface area contributed by atoms with Crippen molar-refractivity contribution in [3.05, 3.63) is 30.6 Å². The van der Waals surface area contributed by atoms with Crippen LogP contribution in [0.4, 0.5) is 5.69 Å². The molecule has 0 bridgehead atoms. The Morgan fingerprint density at radius 1 is 1.38 bits per heavy atom. The molecule has 0 aliphatic heterocycles. The number of hydrogen-bond donors (Lipinski definition) is 3. The summed E-state index contributed by atoms with van der Waals surface area (Å²) in [6.45, 7) is 4.47. The van der Waals surface area contributed by atoms with Gasteiger partial charge in [0.25, 0.3) is 0 Å². The maximum absolute atomic E-state index is 11.8. The molecule has 1 amide bonds. The minimum absolute atomic E-state index is 0.0362. The van der Waals surface area contributed by atoms with Crippen molar-refractivity contribution in [1.29, 1.82) is 0 Å². The van der Waals surface area contributed by atoms with E-state index in [1.54, 1.807) is 0 Å². The molecule has 0 fully saturated rings. The number of nitrogens with zero attached hydrogens (tertiary/aromatic N) is 2. The number of aromatic nitrogens is 3. The average molecular weight is 305 g/mol. The van der Waals surface area contributed by atoms with E-state index in [0.717, 1.165) is 22.2 Å². The van der Waals surface area contributed by atoms with Gasteiger partial charge in [0.05, 0.1) is 6.54 Å². The number of carbonyl (C=O) groups excluding carboxylic acids is 1. The molecule has 2 rings (SSSR count). The van der Waals surface area contributed by atoms with Crippen LogP contribution in [0.15, 0.2) is 40.6 Å². The van der Waals surface area contributed by atoms with Crippen molar-refractivity contribution in [2.75, 3.05) is 11.9 Å². The molecule has 2 aromatic rings. The molecule has 1 atom stereocenters. The Bertz CT molecular complexity index is 555. The predicted octanol–water partition coefficient (Wildman–Crippen LogP) is 2.28. The van der Waals surface area contributed by atoms with E-state index < -0.39 is 0 Å². The van der Waals surface area contributed by atoms with Gasteiger partial charge in [-0.25, -0.2) is 4.98 Å². The highest BCUT2D eigenvalue weighted by molar-refractivity contribution is 7.99. The number of rotatable bonds is 7. The van der Waals surface area contributed by atoms with Crippen molar-refractivity contribution in [3.8, 4) is 0 Å². The summed E-state index contributed by atoms with van der Waals surface area (Å²) < 4.78 is 0. The van der Waals surface area contributed by atoms with E-state index in [9.17, 15) is 4.79 Å². The molecule has 3 N–H and O–H groups in total. The first-order valence-corrected chi connectivity index (χ1v) is 7.65. The van der Waals surface area contributed by atoms with Gasteiger partial charge in [0.15, 0.2) is 5.16 Å². The topological polar surface area (TPSA) is 82.7 Å². The Kier molecular flexibility index (Phi) is 5.77.